The van der Waals surface area contributed by atoms with Crippen LogP contribution >= 0.6 is 22.9 Å². The van der Waals surface area contributed by atoms with Gasteiger partial charge in [-0.05, 0) is 24.3 Å². The van der Waals surface area contributed by atoms with Crippen LogP contribution in [0.25, 0.3) is 10.6 Å². The van der Waals surface area contributed by atoms with Gasteiger partial charge in [0.25, 0.3) is 0 Å². The third-order valence-corrected chi connectivity index (χ3v) is 2.49. The molecule has 1 radical (unpaired) electrons. The Morgan fingerprint density at radius 3 is 2.83 bits per heavy atom. The Balaban J connectivity index is 2.43. The number of hydrogen-bond donors (Lipinski definition) is 0. The topological polar surface area (TPSA) is 12.9 Å². The summed E-state index contributed by atoms with van der Waals surface area (Å²) in [5.74, 6) is 0. The van der Waals surface area contributed by atoms with Gasteiger partial charge in [0, 0.05) is 11.6 Å². The molecular formula is C9H5ClNS. The average molecular weight is 195 g/mol. The minimum absolute atomic E-state index is 0.666. The van der Waals surface area contributed by atoms with E-state index in [1.807, 2.05) is 24.3 Å². The molecule has 0 aliphatic heterocycles. The van der Waals surface area contributed by atoms with Gasteiger partial charge < -0.3 is 0 Å². The molecule has 0 saturated heterocycles. The first-order valence-electron chi connectivity index (χ1n) is 3.44. The van der Waals surface area contributed by atoms with E-state index in [0.717, 1.165) is 10.6 Å². The second-order valence-electron chi connectivity index (χ2n) is 2.28. The normalized spacial score (nSPS) is 10.1. The van der Waals surface area contributed by atoms with Crippen molar-refractivity contribution in [1.82, 2.24) is 4.98 Å². The molecule has 0 saturated carbocycles. The summed E-state index contributed by atoms with van der Waals surface area (Å²) >= 11 is 7.26. The lowest BCUT2D eigenvalue weighted by atomic mass is 10.3. The van der Waals surface area contributed by atoms with Gasteiger partial charge in [-0.25, -0.2) is 0 Å². The highest BCUT2D eigenvalue weighted by Gasteiger charge is 1.98. The maximum Gasteiger partial charge on any atom is 0.0803 e. The summed E-state index contributed by atoms with van der Waals surface area (Å²) in [6.07, 6.45) is 1.65. The molecule has 0 unspecified atom stereocenters. The highest BCUT2D eigenvalue weighted by Crippen LogP contribution is 2.22. The Kier molecular flexibility index (Phi) is 2.11. The van der Waals surface area contributed by atoms with Gasteiger partial charge in [-0.3, -0.25) is 4.98 Å². The van der Waals surface area contributed by atoms with E-state index in [1.165, 1.54) is 0 Å². The molecule has 1 nitrogen and oxygen atoms in total. The van der Waals surface area contributed by atoms with E-state index < -0.39 is 0 Å². The summed E-state index contributed by atoms with van der Waals surface area (Å²) < 4.78 is 0. The van der Waals surface area contributed by atoms with E-state index in [4.69, 9.17) is 11.6 Å². The molecule has 0 atom stereocenters. The highest BCUT2D eigenvalue weighted by molar-refractivity contribution is 7.13. The van der Waals surface area contributed by atoms with Crippen molar-refractivity contribution in [2.45, 2.75) is 0 Å². The first-order chi connectivity index (χ1) is 5.86. The van der Waals surface area contributed by atoms with Gasteiger partial charge in [0.2, 0.25) is 0 Å². The van der Waals surface area contributed by atoms with Crippen LogP contribution < -0.4 is 0 Å². The van der Waals surface area contributed by atoms with E-state index >= 15 is 0 Å². The van der Waals surface area contributed by atoms with Crippen LogP contribution in [0.3, 0.4) is 0 Å². The van der Waals surface area contributed by atoms with Crippen LogP contribution in [0.2, 0.25) is 5.02 Å². The summed E-state index contributed by atoms with van der Waals surface area (Å²) in [6.45, 7) is 0. The van der Waals surface area contributed by atoms with Crippen molar-refractivity contribution in [1.29, 1.82) is 0 Å². The Hall–Kier alpha value is -0.860. The summed E-state index contributed by atoms with van der Waals surface area (Å²) in [6, 6.07) is 7.61. The number of rotatable bonds is 1. The number of hydrogen-bond acceptors (Lipinski definition) is 2. The molecule has 0 amide bonds. The molecule has 2 aromatic heterocycles. The van der Waals surface area contributed by atoms with E-state index in [-0.39, 0.29) is 0 Å². The van der Waals surface area contributed by atoms with E-state index in [0.29, 0.717) is 5.02 Å². The first-order valence-corrected chi connectivity index (χ1v) is 4.63. The predicted octanol–water partition coefficient (Wildman–Crippen LogP) is 3.26. The van der Waals surface area contributed by atoms with Gasteiger partial charge in [0.05, 0.1) is 15.6 Å². The van der Waals surface area contributed by atoms with Crippen molar-refractivity contribution in [3.8, 4) is 10.6 Å². The average Bonchev–Trinajstić information content (AvgIpc) is 2.58. The van der Waals surface area contributed by atoms with Gasteiger partial charge in [-0.15, -0.1) is 11.3 Å². The number of aromatic nitrogens is 1. The van der Waals surface area contributed by atoms with Crippen molar-refractivity contribution < 1.29 is 0 Å². The van der Waals surface area contributed by atoms with Crippen molar-refractivity contribution in [2.24, 2.45) is 0 Å². The van der Waals surface area contributed by atoms with E-state index in [1.54, 1.807) is 17.5 Å². The number of halogens is 1. The lowest BCUT2D eigenvalue weighted by Gasteiger charge is -1.94. The van der Waals surface area contributed by atoms with Crippen molar-refractivity contribution in [2.75, 3.05) is 0 Å². The van der Waals surface area contributed by atoms with Crippen LogP contribution in [0.5, 0.6) is 0 Å². The third-order valence-electron chi connectivity index (χ3n) is 1.45. The highest BCUT2D eigenvalue weighted by atomic mass is 35.5. The van der Waals surface area contributed by atoms with Gasteiger partial charge in [-0.1, -0.05) is 11.6 Å². The number of pyridine rings is 1. The minimum atomic E-state index is 0.666. The van der Waals surface area contributed by atoms with Gasteiger partial charge in [-0.2, -0.15) is 0 Å². The van der Waals surface area contributed by atoms with E-state index in [9.17, 15) is 0 Å². The van der Waals surface area contributed by atoms with Crippen LogP contribution in [0.4, 0.5) is 0 Å². The third kappa shape index (κ3) is 1.49. The Labute approximate surface area is 79.7 Å². The van der Waals surface area contributed by atoms with Crippen LogP contribution in [-0.4, -0.2) is 4.98 Å². The van der Waals surface area contributed by atoms with Gasteiger partial charge in [0.1, 0.15) is 0 Å². The lowest BCUT2D eigenvalue weighted by Crippen LogP contribution is -1.77. The molecule has 12 heavy (non-hydrogen) atoms. The maximum absolute atomic E-state index is 5.71. The van der Waals surface area contributed by atoms with Crippen LogP contribution in [0.1, 0.15) is 0 Å². The minimum Gasteiger partial charge on any atom is -0.254 e. The van der Waals surface area contributed by atoms with Crippen LogP contribution in [-0.2, 0) is 0 Å². The molecule has 0 aliphatic rings. The second-order valence-corrected chi connectivity index (χ2v) is 3.60. The molecule has 0 N–H and O–H groups in total. The molecule has 0 fully saturated rings. The molecule has 2 heterocycles. The molecule has 3 heteroatoms. The van der Waals surface area contributed by atoms with Gasteiger partial charge >= 0.3 is 0 Å². The molecule has 2 aromatic rings. The van der Waals surface area contributed by atoms with Crippen molar-refractivity contribution >= 4 is 22.9 Å². The molecule has 0 spiro atoms. The van der Waals surface area contributed by atoms with Crippen molar-refractivity contribution in [3.05, 3.63) is 40.9 Å². The number of thiophene rings is 1. The fourth-order valence-corrected chi connectivity index (χ4v) is 1.64. The fourth-order valence-electron chi connectivity index (χ4n) is 0.900. The maximum atomic E-state index is 5.71. The van der Waals surface area contributed by atoms with E-state index in [2.05, 4.69) is 10.4 Å². The predicted molar refractivity (Wildman–Crippen MR) is 51.4 cm³/mol. The Morgan fingerprint density at radius 1 is 1.33 bits per heavy atom. The zero-order valence-electron chi connectivity index (χ0n) is 6.12. The van der Waals surface area contributed by atoms with Crippen molar-refractivity contribution in [3.63, 3.8) is 0 Å². The zero-order valence-corrected chi connectivity index (χ0v) is 7.69. The summed E-state index contributed by atoms with van der Waals surface area (Å²) in [7, 11) is 0. The molecule has 59 valence electrons. The fraction of sp³-hybridized carbons (Fsp3) is 0. The summed E-state index contributed by atoms with van der Waals surface area (Å²) in [5, 5.41) is 3.68. The molecule has 0 aromatic carbocycles. The summed E-state index contributed by atoms with van der Waals surface area (Å²) in [5.41, 5.74) is 0.950. The standard InChI is InChI=1S/C9H5ClNS/c10-7-3-4-8(11-6-7)9-2-1-5-12-9/h1-4,6H. The first kappa shape index (κ1) is 7.77. The number of nitrogens with zero attached hydrogens (tertiary/aromatic N) is 1. The van der Waals surface area contributed by atoms with Crippen LogP contribution in [0.15, 0.2) is 30.5 Å². The molecule has 0 aliphatic carbocycles. The smallest absolute Gasteiger partial charge is 0.0803 e. The monoisotopic (exact) mass is 194 g/mol. The van der Waals surface area contributed by atoms with Crippen LogP contribution in [0, 0.1) is 5.38 Å². The quantitative estimate of drug-likeness (QED) is 0.679. The Bertz CT molecular complexity index is 353. The van der Waals surface area contributed by atoms with Gasteiger partial charge in [0.15, 0.2) is 0 Å². The molecule has 0 bridgehead atoms. The largest absolute Gasteiger partial charge is 0.254 e. The zero-order chi connectivity index (χ0) is 8.39. The summed E-state index contributed by atoms with van der Waals surface area (Å²) in [4.78, 5) is 5.30. The SMILES string of the molecule is Clc1ccc(-c2cc[c]s2)nc1. The Morgan fingerprint density at radius 2 is 2.25 bits per heavy atom. The second kappa shape index (κ2) is 3.25. The molecule has 2 rings (SSSR count). The lowest BCUT2D eigenvalue weighted by molar-refractivity contribution is 1.34. The molecular weight excluding hydrogens is 190 g/mol.